The van der Waals surface area contributed by atoms with Gasteiger partial charge in [-0.25, -0.2) is 0 Å². The third kappa shape index (κ3) is 2.62. The Balaban J connectivity index is 2.52. The minimum absolute atomic E-state index is 0.809. The van der Waals surface area contributed by atoms with Gasteiger partial charge in [-0.05, 0) is 25.5 Å². The average molecular weight is 150 g/mol. The normalized spacial score (nSPS) is 9.64. The quantitative estimate of drug-likeness (QED) is 0.643. The summed E-state index contributed by atoms with van der Waals surface area (Å²) in [5, 5.41) is 0. The molecule has 0 radical (unpaired) electrons. The Bertz CT molecular complexity index is 201. The SMILES string of the molecule is CCCOc1ccc(C)cc1. The predicted octanol–water partition coefficient (Wildman–Crippen LogP) is 2.78. The first-order chi connectivity index (χ1) is 5.33. The third-order valence-corrected chi connectivity index (χ3v) is 1.49. The van der Waals surface area contributed by atoms with Crippen LogP contribution in [0.1, 0.15) is 18.9 Å². The van der Waals surface area contributed by atoms with Gasteiger partial charge in [-0.3, -0.25) is 0 Å². The second-order valence-corrected chi connectivity index (χ2v) is 2.66. The number of hydrogen-bond acceptors (Lipinski definition) is 1. The molecule has 0 heterocycles. The molecular weight excluding hydrogens is 136 g/mol. The molecule has 0 aromatic heterocycles. The van der Waals surface area contributed by atoms with Crippen molar-refractivity contribution in [3.63, 3.8) is 0 Å². The fourth-order valence-corrected chi connectivity index (χ4v) is 0.854. The fraction of sp³-hybridized carbons (Fsp3) is 0.400. The summed E-state index contributed by atoms with van der Waals surface area (Å²) in [6.07, 6.45) is 1.06. The zero-order chi connectivity index (χ0) is 8.10. The second kappa shape index (κ2) is 4.02. The molecule has 0 saturated carbocycles. The van der Waals surface area contributed by atoms with E-state index in [1.54, 1.807) is 0 Å². The summed E-state index contributed by atoms with van der Waals surface area (Å²) in [5.74, 6) is 0.970. The van der Waals surface area contributed by atoms with Crippen LogP contribution >= 0.6 is 0 Å². The summed E-state index contributed by atoms with van der Waals surface area (Å²) in [7, 11) is 0. The number of hydrogen-bond donors (Lipinski definition) is 0. The predicted molar refractivity (Wildman–Crippen MR) is 47.0 cm³/mol. The maximum atomic E-state index is 5.41. The Morgan fingerprint density at radius 2 is 1.82 bits per heavy atom. The van der Waals surface area contributed by atoms with Gasteiger partial charge in [-0.1, -0.05) is 24.6 Å². The first-order valence-corrected chi connectivity index (χ1v) is 4.02. The third-order valence-electron chi connectivity index (χ3n) is 1.49. The molecule has 0 unspecified atom stereocenters. The van der Waals surface area contributed by atoms with Gasteiger partial charge in [-0.2, -0.15) is 0 Å². The molecule has 1 rings (SSSR count). The van der Waals surface area contributed by atoms with E-state index < -0.39 is 0 Å². The van der Waals surface area contributed by atoms with Crippen LogP contribution in [-0.4, -0.2) is 6.61 Å². The minimum atomic E-state index is 0.809. The lowest BCUT2D eigenvalue weighted by Crippen LogP contribution is -1.94. The summed E-state index contributed by atoms with van der Waals surface area (Å²) < 4.78 is 5.41. The lowest BCUT2D eigenvalue weighted by molar-refractivity contribution is 0.317. The molecule has 0 bridgehead atoms. The highest BCUT2D eigenvalue weighted by atomic mass is 16.5. The number of aryl methyl sites for hydroxylation is 1. The fourth-order valence-electron chi connectivity index (χ4n) is 0.854. The van der Waals surface area contributed by atoms with Crippen LogP contribution in [0, 0.1) is 6.92 Å². The van der Waals surface area contributed by atoms with Crippen molar-refractivity contribution in [3.05, 3.63) is 29.8 Å². The second-order valence-electron chi connectivity index (χ2n) is 2.66. The summed E-state index contributed by atoms with van der Waals surface area (Å²) in [6, 6.07) is 8.13. The molecule has 0 N–H and O–H groups in total. The van der Waals surface area contributed by atoms with Gasteiger partial charge in [0.15, 0.2) is 0 Å². The highest BCUT2D eigenvalue weighted by Crippen LogP contribution is 2.11. The maximum Gasteiger partial charge on any atom is 0.119 e. The number of ether oxygens (including phenoxy) is 1. The summed E-state index contributed by atoms with van der Waals surface area (Å²) in [4.78, 5) is 0. The first kappa shape index (κ1) is 8.12. The van der Waals surface area contributed by atoms with E-state index in [4.69, 9.17) is 4.74 Å². The molecule has 0 aliphatic carbocycles. The van der Waals surface area contributed by atoms with Gasteiger partial charge in [-0.15, -0.1) is 0 Å². The van der Waals surface area contributed by atoms with E-state index in [1.807, 2.05) is 12.1 Å². The van der Waals surface area contributed by atoms with Crippen LogP contribution in [0.3, 0.4) is 0 Å². The van der Waals surface area contributed by atoms with Gasteiger partial charge < -0.3 is 4.74 Å². The van der Waals surface area contributed by atoms with Crippen LogP contribution in [0.5, 0.6) is 5.75 Å². The molecule has 1 aromatic rings. The Labute approximate surface area is 68.0 Å². The van der Waals surface area contributed by atoms with E-state index in [1.165, 1.54) is 5.56 Å². The zero-order valence-electron chi connectivity index (χ0n) is 7.13. The summed E-state index contributed by atoms with van der Waals surface area (Å²) in [6.45, 7) is 4.99. The van der Waals surface area contributed by atoms with E-state index >= 15 is 0 Å². The Hall–Kier alpha value is -0.980. The smallest absolute Gasteiger partial charge is 0.119 e. The largest absolute Gasteiger partial charge is 0.494 e. The van der Waals surface area contributed by atoms with E-state index in [-0.39, 0.29) is 0 Å². The molecule has 60 valence electrons. The van der Waals surface area contributed by atoms with Crippen molar-refractivity contribution in [2.75, 3.05) is 6.61 Å². The molecule has 0 atom stereocenters. The molecule has 0 aliphatic rings. The van der Waals surface area contributed by atoms with Gasteiger partial charge >= 0.3 is 0 Å². The van der Waals surface area contributed by atoms with Gasteiger partial charge in [0.1, 0.15) is 5.75 Å². The lowest BCUT2D eigenvalue weighted by Gasteiger charge is -2.03. The lowest BCUT2D eigenvalue weighted by atomic mass is 10.2. The highest BCUT2D eigenvalue weighted by Gasteiger charge is 1.89. The molecule has 0 aliphatic heterocycles. The highest BCUT2D eigenvalue weighted by molar-refractivity contribution is 5.26. The van der Waals surface area contributed by atoms with Crippen LogP contribution in [0.4, 0.5) is 0 Å². The topological polar surface area (TPSA) is 9.23 Å². The van der Waals surface area contributed by atoms with E-state index in [0.717, 1.165) is 18.8 Å². The van der Waals surface area contributed by atoms with E-state index in [2.05, 4.69) is 26.0 Å². The van der Waals surface area contributed by atoms with Gasteiger partial charge in [0.25, 0.3) is 0 Å². The zero-order valence-corrected chi connectivity index (χ0v) is 7.13. The van der Waals surface area contributed by atoms with Crippen molar-refractivity contribution in [1.29, 1.82) is 0 Å². The first-order valence-electron chi connectivity index (χ1n) is 4.02. The summed E-state index contributed by atoms with van der Waals surface area (Å²) in [5.41, 5.74) is 1.27. The minimum Gasteiger partial charge on any atom is -0.494 e. The van der Waals surface area contributed by atoms with Gasteiger partial charge in [0, 0.05) is 0 Å². The molecular formula is C10H14O. The number of benzene rings is 1. The molecule has 11 heavy (non-hydrogen) atoms. The maximum absolute atomic E-state index is 5.41. The molecule has 1 aromatic carbocycles. The van der Waals surface area contributed by atoms with Crippen LogP contribution in [0.25, 0.3) is 0 Å². The molecule has 0 spiro atoms. The van der Waals surface area contributed by atoms with Gasteiger partial charge in [0.05, 0.1) is 6.61 Å². The van der Waals surface area contributed by atoms with E-state index in [9.17, 15) is 0 Å². The molecule has 0 fully saturated rings. The van der Waals surface area contributed by atoms with Gasteiger partial charge in [0.2, 0.25) is 0 Å². The standard InChI is InChI=1S/C10H14O/c1-3-8-11-10-6-4-9(2)5-7-10/h4-7H,3,8H2,1-2H3. The van der Waals surface area contributed by atoms with Crippen molar-refractivity contribution < 1.29 is 4.74 Å². The summed E-state index contributed by atoms with van der Waals surface area (Å²) >= 11 is 0. The van der Waals surface area contributed by atoms with Crippen molar-refractivity contribution in [3.8, 4) is 5.75 Å². The Morgan fingerprint density at radius 1 is 1.18 bits per heavy atom. The molecule has 1 heteroatoms. The van der Waals surface area contributed by atoms with Crippen LogP contribution < -0.4 is 4.74 Å². The monoisotopic (exact) mass is 150 g/mol. The van der Waals surface area contributed by atoms with E-state index in [0.29, 0.717) is 0 Å². The molecule has 1 nitrogen and oxygen atoms in total. The van der Waals surface area contributed by atoms with Crippen LogP contribution in [-0.2, 0) is 0 Å². The van der Waals surface area contributed by atoms with Crippen molar-refractivity contribution in [2.24, 2.45) is 0 Å². The van der Waals surface area contributed by atoms with Crippen LogP contribution in [0.15, 0.2) is 24.3 Å². The van der Waals surface area contributed by atoms with Crippen molar-refractivity contribution in [1.82, 2.24) is 0 Å². The average Bonchev–Trinajstić information content (AvgIpc) is 2.04. The Kier molecular flexibility index (Phi) is 2.96. The van der Waals surface area contributed by atoms with Crippen molar-refractivity contribution in [2.45, 2.75) is 20.3 Å². The molecule has 0 saturated heterocycles. The number of rotatable bonds is 3. The van der Waals surface area contributed by atoms with Crippen molar-refractivity contribution >= 4 is 0 Å². The Morgan fingerprint density at radius 3 is 2.36 bits per heavy atom. The molecule has 0 amide bonds. The van der Waals surface area contributed by atoms with Crippen LogP contribution in [0.2, 0.25) is 0 Å².